The van der Waals surface area contributed by atoms with E-state index in [4.69, 9.17) is 17.3 Å². The van der Waals surface area contributed by atoms with Gasteiger partial charge in [-0.2, -0.15) is 0 Å². The van der Waals surface area contributed by atoms with Crippen molar-refractivity contribution in [2.24, 2.45) is 11.3 Å². The molecule has 0 radical (unpaired) electrons. The number of nitrogen functional groups attached to an aromatic ring is 1. The smallest absolute Gasteiger partial charge is 0.253 e. The minimum atomic E-state index is -0.155. The van der Waals surface area contributed by atoms with Crippen LogP contribution in [0.15, 0.2) is 18.2 Å². The molecular weight excluding hydrogens is 248 g/mol. The molecule has 1 rings (SSSR count). The van der Waals surface area contributed by atoms with Crippen LogP contribution in [0.1, 0.15) is 38.1 Å². The van der Waals surface area contributed by atoms with E-state index >= 15 is 0 Å². The van der Waals surface area contributed by atoms with Crippen LogP contribution in [0.2, 0.25) is 5.02 Å². The molecule has 0 aromatic heterocycles. The fraction of sp³-hybridized carbons (Fsp3) is 0.500. The highest BCUT2D eigenvalue weighted by Gasteiger charge is 2.23. The second-order valence-corrected chi connectivity index (χ2v) is 5.99. The van der Waals surface area contributed by atoms with Crippen LogP contribution in [0, 0.1) is 11.3 Å². The molecule has 1 amide bonds. The number of benzene rings is 1. The average molecular weight is 269 g/mol. The summed E-state index contributed by atoms with van der Waals surface area (Å²) in [5.74, 6) is 0.332. The number of halogens is 1. The number of hydrogen-bond donors (Lipinski definition) is 2. The molecule has 0 bridgehead atoms. The molecule has 0 aliphatic heterocycles. The lowest BCUT2D eigenvalue weighted by atomic mass is 9.81. The van der Waals surface area contributed by atoms with Crippen LogP contribution in [0.4, 0.5) is 5.69 Å². The minimum Gasteiger partial charge on any atom is -0.398 e. The molecule has 0 heterocycles. The average Bonchev–Trinajstić information content (AvgIpc) is 2.25. The van der Waals surface area contributed by atoms with Crippen molar-refractivity contribution < 1.29 is 4.79 Å². The van der Waals surface area contributed by atoms with Crippen LogP contribution >= 0.6 is 11.6 Å². The largest absolute Gasteiger partial charge is 0.398 e. The highest BCUT2D eigenvalue weighted by molar-refractivity contribution is 6.31. The number of rotatable bonds is 4. The van der Waals surface area contributed by atoms with E-state index in [1.54, 1.807) is 18.2 Å². The van der Waals surface area contributed by atoms with E-state index in [9.17, 15) is 4.79 Å². The van der Waals surface area contributed by atoms with Crippen LogP contribution in [-0.2, 0) is 0 Å². The highest BCUT2D eigenvalue weighted by atomic mass is 35.5. The fourth-order valence-electron chi connectivity index (χ4n) is 1.35. The van der Waals surface area contributed by atoms with Crippen LogP contribution in [0.3, 0.4) is 0 Å². The molecule has 100 valence electrons. The summed E-state index contributed by atoms with van der Waals surface area (Å²) in [6.45, 7) is 9.16. The van der Waals surface area contributed by atoms with Gasteiger partial charge in [-0.1, -0.05) is 39.3 Å². The van der Waals surface area contributed by atoms with Crippen molar-refractivity contribution >= 4 is 23.2 Å². The number of anilines is 1. The molecule has 0 aliphatic rings. The lowest BCUT2D eigenvalue weighted by Crippen LogP contribution is -2.37. The van der Waals surface area contributed by atoms with Gasteiger partial charge in [-0.25, -0.2) is 0 Å². The summed E-state index contributed by atoms with van der Waals surface area (Å²) < 4.78 is 0. The first-order valence-corrected chi connectivity index (χ1v) is 6.45. The number of amides is 1. The van der Waals surface area contributed by atoms with Gasteiger partial charge in [0.05, 0.1) is 5.56 Å². The first-order chi connectivity index (χ1) is 8.24. The van der Waals surface area contributed by atoms with Gasteiger partial charge < -0.3 is 11.1 Å². The summed E-state index contributed by atoms with van der Waals surface area (Å²) in [6.07, 6.45) is 0. The Morgan fingerprint density at radius 2 is 2.06 bits per heavy atom. The summed E-state index contributed by atoms with van der Waals surface area (Å²) in [6, 6.07) is 4.90. The van der Waals surface area contributed by atoms with Crippen LogP contribution in [-0.4, -0.2) is 12.5 Å². The van der Waals surface area contributed by atoms with E-state index in [0.717, 1.165) is 0 Å². The molecule has 4 heteroatoms. The van der Waals surface area contributed by atoms with Gasteiger partial charge in [0.1, 0.15) is 0 Å². The Hall–Kier alpha value is -1.22. The lowest BCUT2D eigenvalue weighted by Gasteiger charge is -2.29. The Labute approximate surface area is 114 Å². The first kappa shape index (κ1) is 14.8. The minimum absolute atomic E-state index is 0.0524. The van der Waals surface area contributed by atoms with Gasteiger partial charge in [-0.3, -0.25) is 4.79 Å². The Morgan fingerprint density at radius 3 is 2.56 bits per heavy atom. The summed E-state index contributed by atoms with van der Waals surface area (Å²) in [5.41, 5.74) is 6.70. The molecule has 3 N–H and O–H groups in total. The van der Waals surface area contributed by atoms with Crippen molar-refractivity contribution in [3.63, 3.8) is 0 Å². The number of nitrogens with one attached hydrogen (secondary N) is 1. The third-order valence-corrected chi connectivity index (χ3v) is 3.76. The molecule has 1 aromatic rings. The molecule has 0 unspecified atom stereocenters. The maximum absolute atomic E-state index is 12.0. The predicted octanol–water partition coefficient (Wildman–Crippen LogP) is 3.33. The van der Waals surface area contributed by atoms with E-state index in [0.29, 0.717) is 28.7 Å². The second-order valence-electron chi connectivity index (χ2n) is 5.56. The van der Waals surface area contributed by atoms with Gasteiger partial charge in [0.15, 0.2) is 0 Å². The van der Waals surface area contributed by atoms with Crippen LogP contribution in [0.25, 0.3) is 0 Å². The van der Waals surface area contributed by atoms with E-state index in [1.807, 2.05) is 0 Å². The molecule has 18 heavy (non-hydrogen) atoms. The number of carbonyl (C=O) groups is 1. The van der Waals surface area contributed by atoms with Crippen molar-refractivity contribution in [3.05, 3.63) is 28.8 Å². The molecule has 1 aromatic carbocycles. The fourth-order valence-corrected chi connectivity index (χ4v) is 1.53. The summed E-state index contributed by atoms with van der Waals surface area (Å²) in [5, 5.41) is 3.45. The molecule has 3 nitrogen and oxygen atoms in total. The molecule has 0 aliphatic carbocycles. The quantitative estimate of drug-likeness (QED) is 0.823. The maximum atomic E-state index is 12.0. The molecule has 0 spiro atoms. The van der Waals surface area contributed by atoms with E-state index in [2.05, 4.69) is 33.0 Å². The molecule has 0 saturated carbocycles. The van der Waals surface area contributed by atoms with Gasteiger partial charge in [0.25, 0.3) is 5.91 Å². The first-order valence-electron chi connectivity index (χ1n) is 6.07. The maximum Gasteiger partial charge on any atom is 0.253 e. The van der Waals surface area contributed by atoms with E-state index < -0.39 is 0 Å². The van der Waals surface area contributed by atoms with E-state index in [1.165, 1.54) is 0 Å². The second kappa shape index (κ2) is 5.61. The Kier molecular flexibility index (Phi) is 4.63. The zero-order valence-corrected chi connectivity index (χ0v) is 12.1. The van der Waals surface area contributed by atoms with E-state index in [-0.39, 0.29) is 11.3 Å². The number of carbonyl (C=O) groups excluding carboxylic acids is 1. The van der Waals surface area contributed by atoms with Gasteiger partial charge in [0.2, 0.25) is 0 Å². The van der Waals surface area contributed by atoms with Gasteiger partial charge >= 0.3 is 0 Å². The van der Waals surface area contributed by atoms with Gasteiger partial charge in [-0.05, 0) is 29.5 Å². The van der Waals surface area contributed by atoms with Crippen LogP contribution < -0.4 is 11.1 Å². The number of nitrogens with two attached hydrogens (primary N) is 1. The van der Waals surface area contributed by atoms with Crippen molar-refractivity contribution in [1.82, 2.24) is 5.32 Å². The van der Waals surface area contributed by atoms with Crippen LogP contribution in [0.5, 0.6) is 0 Å². The van der Waals surface area contributed by atoms with Crippen molar-refractivity contribution in [2.45, 2.75) is 27.7 Å². The zero-order chi connectivity index (χ0) is 13.9. The summed E-state index contributed by atoms with van der Waals surface area (Å²) in [7, 11) is 0. The lowest BCUT2D eigenvalue weighted by molar-refractivity contribution is 0.0925. The normalized spacial score (nSPS) is 11.7. The van der Waals surface area contributed by atoms with Gasteiger partial charge in [-0.15, -0.1) is 0 Å². The zero-order valence-electron chi connectivity index (χ0n) is 11.4. The third-order valence-electron chi connectivity index (χ3n) is 3.53. The molecule has 0 fully saturated rings. The monoisotopic (exact) mass is 268 g/mol. The molecule has 0 atom stereocenters. The summed E-state index contributed by atoms with van der Waals surface area (Å²) >= 11 is 5.80. The Bertz CT molecular complexity index is 441. The Morgan fingerprint density at radius 1 is 1.44 bits per heavy atom. The van der Waals surface area contributed by atoms with Gasteiger partial charge in [0, 0.05) is 17.3 Å². The van der Waals surface area contributed by atoms with Crippen molar-refractivity contribution in [2.75, 3.05) is 12.3 Å². The third kappa shape index (κ3) is 3.64. The predicted molar refractivity (Wildman–Crippen MR) is 76.8 cm³/mol. The van der Waals surface area contributed by atoms with Crippen molar-refractivity contribution in [3.8, 4) is 0 Å². The highest BCUT2D eigenvalue weighted by Crippen LogP contribution is 2.25. The van der Waals surface area contributed by atoms with Crippen molar-refractivity contribution in [1.29, 1.82) is 0 Å². The topological polar surface area (TPSA) is 55.1 Å². The molecular formula is C14H21ClN2O. The Balaban J connectivity index is 2.72. The molecule has 0 saturated heterocycles. The standard InChI is InChI=1S/C14H21ClN2O/c1-9(2)14(3,4)8-17-13(18)11-6-5-10(15)7-12(11)16/h5-7,9H,8,16H2,1-4H3,(H,17,18). The SMILES string of the molecule is CC(C)C(C)(C)CNC(=O)c1ccc(Cl)cc1N. The summed E-state index contributed by atoms with van der Waals surface area (Å²) in [4.78, 5) is 12.0. The number of hydrogen-bond acceptors (Lipinski definition) is 2.